The zero-order chi connectivity index (χ0) is 15.1. The number of nitrogens with zero attached hydrogens (tertiary/aromatic N) is 1. The van der Waals surface area contributed by atoms with Crippen molar-refractivity contribution in [2.24, 2.45) is 0 Å². The molecule has 6 heteroatoms. The number of cyclic esters (lactones) is 1. The number of ether oxygens (including phenoxy) is 2. The molecule has 5 nitrogen and oxygen atoms in total. The van der Waals surface area contributed by atoms with Gasteiger partial charge in [-0.3, -0.25) is 0 Å². The largest absolute Gasteiger partial charge is 0.470 e. The molecule has 1 N–H and O–H groups in total. The topological polar surface area (TPSA) is 68.7 Å². The summed E-state index contributed by atoms with van der Waals surface area (Å²) in [5.41, 5.74) is 0.932. The number of rotatable bonds is 9. The van der Waals surface area contributed by atoms with Crippen LogP contribution in [-0.4, -0.2) is 29.0 Å². The van der Waals surface area contributed by atoms with Crippen LogP contribution in [0.15, 0.2) is 11.5 Å². The van der Waals surface area contributed by atoms with E-state index in [2.05, 4.69) is 16.6 Å². The van der Waals surface area contributed by atoms with Gasteiger partial charge in [0, 0.05) is 11.5 Å². The minimum absolute atomic E-state index is 0.394. The lowest BCUT2D eigenvalue weighted by molar-refractivity contribution is -0.149. The quantitative estimate of drug-likeness (QED) is 0.560. The van der Waals surface area contributed by atoms with Crippen molar-refractivity contribution >= 4 is 22.9 Å². The van der Waals surface area contributed by atoms with Crippen LogP contribution in [0.25, 0.3) is 5.57 Å². The van der Waals surface area contributed by atoms with Crippen molar-refractivity contribution in [2.45, 2.75) is 51.7 Å². The first kappa shape index (κ1) is 16.0. The van der Waals surface area contributed by atoms with Crippen molar-refractivity contribution in [3.05, 3.63) is 17.2 Å². The van der Waals surface area contributed by atoms with Gasteiger partial charge in [-0.15, -0.1) is 0 Å². The number of carbonyl (C=O) groups excluding carboxylic acids is 1. The Morgan fingerprint density at radius 3 is 2.81 bits per heavy atom. The number of esters is 1. The molecule has 0 radical (unpaired) electrons. The molecule has 0 aliphatic carbocycles. The van der Waals surface area contributed by atoms with Crippen molar-refractivity contribution in [1.82, 2.24) is 4.98 Å². The molecule has 1 atom stereocenters. The van der Waals surface area contributed by atoms with Crippen LogP contribution in [0.2, 0.25) is 0 Å². The molecule has 1 aromatic heterocycles. The summed E-state index contributed by atoms with van der Waals surface area (Å²) in [4.78, 5) is 15.3. The first-order chi connectivity index (χ1) is 10.2. The average molecular weight is 311 g/mol. The second kappa shape index (κ2) is 8.14. The molecule has 2 rings (SSSR count). The van der Waals surface area contributed by atoms with Crippen molar-refractivity contribution in [1.29, 1.82) is 0 Å². The summed E-state index contributed by atoms with van der Waals surface area (Å²) < 4.78 is 10.2. The summed E-state index contributed by atoms with van der Waals surface area (Å²) in [5.74, 6) is -0.542. The highest BCUT2D eigenvalue weighted by molar-refractivity contribution is 7.11. The predicted molar refractivity (Wildman–Crippen MR) is 81.1 cm³/mol. The Labute approximate surface area is 128 Å². The Hall–Kier alpha value is -1.40. The number of thiazole rings is 1. The highest BCUT2D eigenvalue weighted by atomic mass is 32.1. The number of hydrogen-bond donors (Lipinski definition) is 1. The van der Waals surface area contributed by atoms with Crippen molar-refractivity contribution in [3.8, 4) is 5.19 Å². The summed E-state index contributed by atoms with van der Waals surface area (Å²) in [7, 11) is 0. The molecule has 0 spiro atoms. The number of aliphatic hydroxyl groups is 1. The minimum Gasteiger partial charge on any atom is -0.470 e. The first-order valence-corrected chi connectivity index (χ1v) is 8.27. The van der Waals surface area contributed by atoms with Gasteiger partial charge in [-0.25, -0.2) is 9.78 Å². The number of aromatic nitrogens is 1. The van der Waals surface area contributed by atoms with Crippen molar-refractivity contribution in [3.63, 3.8) is 0 Å². The van der Waals surface area contributed by atoms with E-state index in [9.17, 15) is 9.90 Å². The summed E-state index contributed by atoms with van der Waals surface area (Å²) in [6.07, 6.45) is 7.33. The Balaban J connectivity index is 1.71. The van der Waals surface area contributed by atoms with E-state index in [1.807, 2.05) is 0 Å². The smallest absolute Gasteiger partial charge is 0.333 e. The summed E-state index contributed by atoms with van der Waals surface area (Å²) in [6, 6.07) is 0. The molecule has 0 amide bonds. The van der Waals surface area contributed by atoms with Crippen LogP contribution in [0.3, 0.4) is 0 Å². The molecular formula is C15H21NO4S. The summed E-state index contributed by atoms with van der Waals surface area (Å²) >= 11 is 1.36. The number of carbonyl (C=O) groups is 1. The zero-order valence-corrected chi connectivity index (χ0v) is 13.0. The molecule has 1 unspecified atom stereocenters. The van der Waals surface area contributed by atoms with Crippen LogP contribution in [0.5, 0.6) is 5.19 Å². The minimum atomic E-state index is -1.22. The van der Waals surface area contributed by atoms with Gasteiger partial charge >= 0.3 is 5.97 Å². The first-order valence-electron chi connectivity index (χ1n) is 7.39. The van der Waals surface area contributed by atoms with E-state index in [0.29, 0.717) is 23.1 Å². The van der Waals surface area contributed by atoms with E-state index >= 15 is 0 Å². The third-order valence-electron chi connectivity index (χ3n) is 3.27. The van der Waals surface area contributed by atoms with Gasteiger partial charge in [0.2, 0.25) is 6.29 Å². The Morgan fingerprint density at radius 2 is 2.10 bits per heavy atom. The molecule has 21 heavy (non-hydrogen) atoms. The lowest BCUT2D eigenvalue weighted by Gasteiger charge is -2.04. The average Bonchev–Trinajstić information content (AvgIpc) is 3.04. The molecular weight excluding hydrogens is 290 g/mol. The van der Waals surface area contributed by atoms with Gasteiger partial charge in [0.05, 0.1) is 17.9 Å². The van der Waals surface area contributed by atoms with E-state index < -0.39 is 12.3 Å². The molecule has 116 valence electrons. The second-order valence-electron chi connectivity index (χ2n) is 5.00. The van der Waals surface area contributed by atoms with Crippen LogP contribution in [-0.2, 0) is 9.53 Å². The molecule has 1 aromatic rings. The van der Waals surface area contributed by atoms with Gasteiger partial charge in [-0.05, 0) is 6.42 Å². The van der Waals surface area contributed by atoms with Crippen LogP contribution < -0.4 is 4.74 Å². The van der Waals surface area contributed by atoms with Crippen LogP contribution in [0.4, 0.5) is 0 Å². The van der Waals surface area contributed by atoms with Crippen LogP contribution >= 0.6 is 11.3 Å². The molecule has 0 saturated heterocycles. The molecule has 0 bridgehead atoms. The third kappa shape index (κ3) is 4.82. The predicted octanol–water partition coefficient (Wildman–Crippen LogP) is 3.14. The maximum atomic E-state index is 11.0. The Morgan fingerprint density at radius 1 is 1.33 bits per heavy atom. The lowest BCUT2D eigenvalue weighted by Crippen LogP contribution is -2.09. The summed E-state index contributed by atoms with van der Waals surface area (Å²) in [6.45, 7) is 2.86. The Bertz CT molecular complexity index is 498. The number of aliphatic hydroxyl groups excluding tert-OH is 1. The Kier molecular flexibility index (Phi) is 6.20. The number of unbranched alkanes of at least 4 members (excludes halogenated alkanes) is 5. The highest BCUT2D eigenvalue weighted by Crippen LogP contribution is 2.28. The third-order valence-corrected chi connectivity index (χ3v) is 4.02. The molecule has 0 saturated carbocycles. The normalized spacial score (nSPS) is 17.7. The van der Waals surface area contributed by atoms with Gasteiger partial charge in [0.1, 0.15) is 0 Å². The van der Waals surface area contributed by atoms with Gasteiger partial charge in [0.15, 0.2) is 0 Å². The fourth-order valence-corrected chi connectivity index (χ4v) is 2.81. The highest BCUT2D eigenvalue weighted by Gasteiger charge is 2.26. The fourth-order valence-electron chi connectivity index (χ4n) is 2.10. The van der Waals surface area contributed by atoms with Crippen LogP contribution in [0, 0.1) is 0 Å². The van der Waals surface area contributed by atoms with E-state index in [-0.39, 0.29) is 0 Å². The lowest BCUT2D eigenvalue weighted by atomic mass is 10.1. The molecule has 0 fully saturated rings. The van der Waals surface area contributed by atoms with Gasteiger partial charge in [-0.1, -0.05) is 50.4 Å². The zero-order valence-electron chi connectivity index (χ0n) is 12.2. The van der Waals surface area contributed by atoms with Gasteiger partial charge in [-0.2, -0.15) is 0 Å². The number of hydrogen-bond acceptors (Lipinski definition) is 6. The van der Waals surface area contributed by atoms with Crippen molar-refractivity contribution < 1.29 is 19.4 Å². The standard InChI is InChI=1S/C15H21NO4S/c1-2-3-4-5-6-7-8-19-15-16-12(10-21-15)11-9-13(17)20-14(11)18/h9-10,14,18H,2-8H2,1H3. The molecule has 1 aliphatic heterocycles. The SMILES string of the molecule is CCCCCCCCOc1nc(C2=CC(=O)OC2O)cs1. The molecule has 2 heterocycles. The van der Waals surface area contributed by atoms with Gasteiger partial charge < -0.3 is 14.6 Å². The fraction of sp³-hybridized carbons (Fsp3) is 0.600. The van der Waals surface area contributed by atoms with E-state index in [1.54, 1.807) is 5.38 Å². The maximum Gasteiger partial charge on any atom is 0.333 e. The monoisotopic (exact) mass is 311 g/mol. The van der Waals surface area contributed by atoms with Gasteiger partial charge in [0.25, 0.3) is 5.19 Å². The van der Waals surface area contributed by atoms with E-state index in [1.165, 1.54) is 49.5 Å². The molecule has 1 aliphatic rings. The second-order valence-corrected chi connectivity index (χ2v) is 5.82. The van der Waals surface area contributed by atoms with Crippen LogP contribution in [0.1, 0.15) is 51.1 Å². The molecule has 0 aromatic carbocycles. The maximum absolute atomic E-state index is 11.0. The summed E-state index contributed by atoms with van der Waals surface area (Å²) in [5, 5.41) is 11.9. The van der Waals surface area contributed by atoms with E-state index in [4.69, 9.17) is 4.74 Å². The van der Waals surface area contributed by atoms with E-state index in [0.717, 1.165) is 6.42 Å². The van der Waals surface area contributed by atoms with Crippen molar-refractivity contribution in [2.75, 3.05) is 6.61 Å².